The number of nitrogens with zero attached hydrogens (tertiary/aromatic N) is 1. The lowest BCUT2D eigenvalue weighted by atomic mass is 9.98. The molecule has 0 saturated heterocycles. The molecule has 0 radical (unpaired) electrons. The molecule has 0 atom stereocenters. The number of hydrogen-bond acceptors (Lipinski definition) is 5. The maximum atomic E-state index is 13.0. The van der Waals surface area contributed by atoms with Gasteiger partial charge >= 0.3 is 0 Å². The van der Waals surface area contributed by atoms with E-state index in [4.69, 9.17) is 4.74 Å². The molecule has 6 heteroatoms. The van der Waals surface area contributed by atoms with Gasteiger partial charge in [-0.25, -0.2) is 0 Å². The van der Waals surface area contributed by atoms with Crippen LogP contribution in [0.3, 0.4) is 0 Å². The van der Waals surface area contributed by atoms with Gasteiger partial charge in [0, 0.05) is 24.7 Å². The molecule has 0 aromatic heterocycles. The number of benzene rings is 2. The topological polar surface area (TPSA) is 82.0 Å². The van der Waals surface area contributed by atoms with E-state index in [2.05, 4.69) is 5.32 Å². The van der Waals surface area contributed by atoms with E-state index in [9.17, 15) is 15.0 Å². The molecule has 1 heterocycles. The number of carbonyl (C=O) groups excluding carboxylic acids is 1. The van der Waals surface area contributed by atoms with Crippen LogP contribution in [-0.4, -0.2) is 41.2 Å². The minimum absolute atomic E-state index is 0.00368. The van der Waals surface area contributed by atoms with Crippen LogP contribution in [-0.2, 0) is 13.1 Å². The molecule has 0 fully saturated rings. The highest BCUT2D eigenvalue weighted by Gasteiger charge is 2.29. The summed E-state index contributed by atoms with van der Waals surface area (Å²) in [5, 5.41) is 23.3. The van der Waals surface area contributed by atoms with Crippen molar-refractivity contribution in [2.45, 2.75) is 32.9 Å². The van der Waals surface area contributed by atoms with Crippen LogP contribution in [0.25, 0.3) is 0 Å². The van der Waals surface area contributed by atoms with Gasteiger partial charge in [-0.1, -0.05) is 26.0 Å². The summed E-state index contributed by atoms with van der Waals surface area (Å²) in [5.74, 6) is 0.370. The van der Waals surface area contributed by atoms with Crippen molar-refractivity contribution in [3.63, 3.8) is 0 Å². The van der Waals surface area contributed by atoms with Gasteiger partial charge < -0.3 is 25.2 Å². The molecule has 0 aliphatic carbocycles. The molecule has 6 nitrogen and oxygen atoms in total. The summed E-state index contributed by atoms with van der Waals surface area (Å²) in [6, 6.07) is 8.67. The zero-order chi connectivity index (χ0) is 19.6. The number of hydrogen-bond donors (Lipinski definition) is 3. The van der Waals surface area contributed by atoms with Gasteiger partial charge in [0.2, 0.25) is 0 Å². The van der Waals surface area contributed by atoms with Crippen molar-refractivity contribution in [3.8, 4) is 17.2 Å². The second-order valence-corrected chi connectivity index (χ2v) is 7.09. The van der Waals surface area contributed by atoms with Crippen LogP contribution in [0.1, 0.15) is 46.8 Å². The summed E-state index contributed by atoms with van der Waals surface area (Å²) >= 11 is 0. The van der Waals surface area contributed by atoms with Crippen LogP contribution in [0.15, 0.2) is 30.3 Å². The number of likely N-dealkylation sites (N-methyl/N-ethyl adjacent to an activating group) is 1. The van der Waals surface area contributed by atoms with Gasteiger partial charge in [0.15, 0.2) is 0 Å². The molecule has 0 bridgehead atoms. The summed E-state index contributed by atoms with van der Waals surface area (Å²) in [6.07, 6.45) is 0. The normalized spacial score (nSPS) is 13.1. The smallest absolute Gasteiger partial charge is 0.258 e. The summed E-state index contributed by atoms with van der Waals surface area (Å²) in [7, 11) is 1.87. The van der Waals surface area contributed by atoms with Crippen molar-refractivity contribution in [1.29, 1.82) is 0 Å². The first-order chi connectivity index (χ1) is 12.9. The number of aromatic hydroxyl groups is 2. The van der Waals surface area contributed by atoms with E-state index in [-0.39, 0.29) is 28.9 Å². The van der Waals surface area contributed by atoms with Crippen molar-refractivity contribution in [3.05, 3.63) is 52.6 Å². The fraction of sp³-hybridized carbons (Fsp3) is 0.381. The lowest BCUT2D eigenvalue weighted by Crippen LogP contribution is -2.25. The number of fused-ring (bicyclic) bond motifs is 1. The van der Waals surface area contributed by atoms with Gasteiger partial charge in [-0.15, -0.1) is 0 Å². The van der Waals surface area contributed by atoms with Crippen molar-refractivity contribution < 1.29 is 19.7 Å². The Morgan fingerprint density at radius 2 is 2.00 bits per heavy atom. The van der Waals surface area contributed by atoms with E-state index in [1.807, 2.05) is 39.1 Å². The molecule has 1 aliphatic rings. The standard InChI is InChI=1S/C21H26N2O4/c1-13(2)15-9-16(19(25)10-18(15)24)21(26)23-11-14-5-4-6-20(17(14)12-23)27-8-7-22-3/h4-6,9-10,13,22,24-25H,7-8,11-12H2,1-3H3. The molecule has 144 valence electrons. The SMILES string of the molecule is CNCCOc1cccc2c1CN(C(=O)c1cc(C(C)C)c(O)cc1O)C2. The second-order valence-electron chi connectivity index (χ2n) is 7.09. The summed E-state index contributed by atoms with van der Waals surface area (Å²) in [4.78, 5) is 14.7. The number of phenolic OH excluding ortho intramolecular Hbond substituents is 2. The zero-order valence-corrected chi connectivity index (χ0v) is 16.0. The second kappa shape index (κ2) is 7.88. The molecule has 3 N–H and O–H groups in total. The lowest BCUT2D eigenvalue weighted by molar-refractivity contribution is 0.0747. The molecule has 2 aromatic carbocycles. The summed E-state index contributed by atoms with van der Waals surface area (Å²) in [5.41, 5.74) is 2.91. The van der Waals surface area contributed by atoms with Crippen LogP contribution in [0, 0.1) is 0 Å². The van der Waals surface area contributed by atoms with Crippen molar-refractivity contribution in [2.24, 2.45) is 0 Å². The molecule has 27 heavy (non-hydrogen) atoms. The molecule has 0 spiro atoms. The Labute approximate surface area is 159 Å². The van der Waals surface area contributed by atoms with Crippen LogP contribution < -0.4 is 10.1 Å². The Balaban J connectivity index is 1.83. The van der Waals surface area contributed by atoms with Crippen molar-refractivity contribution in [2.75, 3.05) is 20.2 Å². The fourth-order valence-corrected chi connectivity index (χ4v) is 3.33. The summed E-state index contributed by atoms with van der Waals surface area (Å²) in [6.45, 7) is 6.06. The number of phenols is 2. The molecule has 1 amide bonds. The monoisotopic (exact) mass is 370 g/mol. The Bertz CT molecular complexity index is 848. The van der Waals surface area contributed by atoms with E-state index in [1.54, 1.807) is 11.0 Å². The first-order valence-corrected chi connectivity index (χ1v) is 9.15. The molecule has 0 unspecified atom stereocenters. The van der Waals surface area contributed by atoms with Gasteiger partial charge in [-0.3, -0.25) is 4.79 Å². The fourth-order valence-electron chi connectivity index (χ4n) is 3.33. The zero-order valence-electron chi connectivity index (χ0n) is 16.0. The highest BCUT2D eigenvalue weighted by molar-refractivity contribution is 5.97. The van der Waals surface area contributed by atoms with Gasteiger partial charge in [0.25, 0.3) is 5.91 Å². The quantitative estimate of drug-likeness (QED) is 0.681. The first-order valence-electron chi connectivity index (χ1n) is 9.15. The molecule has 3 rings (SSSR count). The molecule has 0 saturated carbocycles. The summed E-state index contributed by atoms with van der Waals surface area (Å²) < 4.78 is 5.83. The first kappa shape index (κ1) is 19.0. The van der Waals surface area contributed by atoms with Crippen LogP contribution >= 0.6 is 0 Å². The molecular formula is C21H26N2O4. The van der Waals surface area contributed by atoms with Crippen LogP contribution in [0.2, 0.25) is 0 Å². The third-order valence-corrected chi connectivity index (χ3v) is 4.83. The number of ether oxygens (including phenoxy) is 1. The van der Waals surface area contributed by atoms with E-state index in [0.717, 1.165) is 23.4 Å². The highest BCUT2D eigenvalue weighted by Crippen LogP contribution is 2.36. The minimum atomic E-state index is -0.258. The van der Waals surface area contributed by atoms with Crippen LogP contribution in [0.4, 0.5) is 0 Å². The van der Waals surface area contributed by atoms with E-state index in [0.29, 0.717) is 25.3 Å². The third-order valence-electron chi connectivity index (χ3n) is 4.83. The van der Waals surface area contributed by atoms with Gasteiger partial charge in [-0.2, -0.15) is 0 Å². The Morgan fingerprint density at radius 1 is 1.22 bits per heavy atom. The highest BCUT2D eigenvalue weighted by atomic mass is 16.5. The van der Waals surface area contributed by atoms with Crippen molar-refractivity contribution in [1.82, 2.24) is 10.2 Å². The minimum Gasteiger partial charge on any atom is -0.508 e. The van der Waals surface area contributed by atoms with Crippen LogP contribution in [0.5, 0.6) is 17.2 Å². The van der Waals surface area contributed by atoms with E-state index < -0.39 is 0 Å². The Morgan fingerprint density at radius 3 is 2.70 bits per heavy atom. The van der Waals surface area contributed by atoms with Gasteiger partial charge in [-0.05, 0) is 36.2 Å². The maximum absolute atomic E-state index is 13.0. The predicted molar refractivity (Wildman–Crippen MR) is 103 cm³/mol. The number of amides is 1. The largest absolute Gasteiger partial charge is 0.508 e. The van der Waals surface area contributed by atoms with E-state index in [1.165, 1.54) is 6.07 Å². The van der Waals surface area contributed by atoms with Gasteiger partial charge in [0.05, 0.1) is 12.1 Å². The maximum Gasteiger partial charge on any atom is 0.258 e. The molecular weight excluding hydrogens is 344 g/mol. The number of carbonyl (C=O) groups is 1. The average molecular weight is 370 g/mol. The average Bonchev–Trinajstić information content (AvgIpc) is 3.06. The van der Waals surface area contributed by atoms with Gasteiger partial charge in [0.1, 0.15) is 23.9 Å². The number of rotatable bonds is 6. The Hall–Kier alpha value is -2.73. The van der Waals surface area contributed by atoms with E-state index >= 15 is 0 Å². The predicted octanol–water partition coefficient (Wildman–Crippen LogP) is 2.98. The number of nitrogens with one attached hydrogen (secondary N) is 1. The third kappa shape index (κ3) is 3.85. The Kier molecular flexibility index (Phi) is 5.56. The van der Waals surface area contributed by atoms with Crippen molar-refractivity contribution >= 4 is 5.91 Å². The molecule has 2 aromatic rings. The molecule has 1 aliphatic heterocycles. The lowest BCUT2D eigenvalue weighted by Gasteiger charge is -2.18.